The maximum atomic E-state index is 13.5. The number of rotatable bonds is 7. The molecule has 0 atom stereocenters. The van der Waals surface area contributed by atoms with Gasteiger partial charge in [0, 0.05) is 11.3 Å². The first-order valence-corrected chi connectivity index (χ1v) is 8.69. The first-order valence-electron chi connectivity index (χ1n) is 7.04. The van der Waals surface area contributed by atoms with E-state index in [2.05, 4.69) is 10.0 Å². The number of hydrogen-bond donors (Lipinski definition) is 2. The maximum absolute atomic E-state index is 13.5. The van der Waals surface area contributed by atoms with Gasteiger partial charge in [0.1, 0.15) is 11.6 Å². The normalized spacial score (nSPS) is 11.1. The van der Waals surface area contributed by atoms with E-state index in [-0.39, 0.29) is 5.56 Å². The van der Waals surface area contributed by atoms with Crippen molar-refractivity contribution < 1.29 is 22.3 Å². The summed E-state index contributed by atoms with van der Waals surface area (Å²) in [6.07, 6.45) is 0. The van der Waals surface area contributed by atoms with Crippen molar-refractivity contribution in [3.05, 3.63) is 59.9 Å². The Bertz CT molecular complexity index is 807. The molecule has 0 saturated heterocycles. The van der Waals surface area contributed by atoms with Crippen LogP contribution in [0.4, 0.5) is 10.1 Å². The van der Waals surface area contributed by atoms with Crippen molar-refractivity contribution in [2.45, 2.75) is 5.75 Å². The van der Waals surface area contributed by atoms with Crippen LogP contribution in [-0.2, 0) is 20.6 Å². The van der Waals surface area contributed by atoms with Crippen LogP contribution in [0.1, 0.15) is 5.56 Å². The van der Waals surface area contributed by atoms with Crippen LogP contribution in [0.15, 0.2) is 48.5 Å². The van der Waals surface area contributed by atoms with Crippen molar-refractivity contribution in [1.29, 1.82) is 0 Å². The van der Waals surface area contributed by atoms with Gasteiger partial charge in [0.15, 0.2) is 0 Å². The molecular formula is C16H17FN2O4S. The Balaban J connectivity index is 1.89. The summed E-state index contributed by atoms with van der Waals surface area (Å²) in [5, 5.41) is 2.55. The molecule has 2 aromatic rings. The topological polar surface area (TPSA) is 84.5 Å². The summed E-state index contributed by atoms with van der Waals surface area (Å²) >= 11 is 0. The SMILES string of the molecule is COc1ccc(NC(=O)CNS(=O)(=O)Cc2ccccc2F)cc1. The fourth-order valence-electron chi connectivity index (χ4n) is 1.93. The van der Waals surface area contributed by atoms with Crippen molar-refractivity contribution in [1.82, 2.24) is 4.72 Å². The van der Waals surface area contributed by atoms with Gasteiger partial charge >= 0.3 is 0 Å². The molecule has 8 heteroatoms. The van der Waals surface area contributed by atoms with Crippen LogP contribution in [0.3, 0.4) is 0 Å². The van der Waals surface area contributed by atoms with Crippen LogP contribution in [-0.4, -0.2) is 28.0 Å². The third-order valence-electron chi connectivity index (χ3n) is 3.13. The average molecular weight is 352 g/mol. The van der Waals surface area contributed by atoms with Gasteiger partial charge in [0.05, 0.1) is 19.4 Å². The predicted molar refractivity (Wildman–Crippen MR) is 88.7 cm³/mol. The summed E-state index contributed by atoms with van der Waals surface area (Å²) in [6, 6.07) is 12.2. The molecular weight excluding hydrogens is 335 g/mol. The van der Waals surface area contributed by atoms with E-state index in [1.165, 1.54) is 25.3 Å². The Morgan fingerprint density at radius 1 is 1.12 bits per heavy atom. The standard InChI is InChI=1S/C16H17FN2O4S/c1-23-14-8-6-13(7-9-14)19-16(20)10-18-24(21,22)11-12-4-2-3-5-15(12)17/h2-9,18H,10-11H2,1H3,(H,19,20). The number of ether oxygens (including phenoxy) is 1. The first kappa shape index (κ1) is 17.9. The summed E-state index contributed by atoms with van der Waals surface area (Å²) in [7, 11) is -2.30. The minimum absolute atomic E-state index is 0.0422. The Hall–Kier alpha value is -2.45. The molecule has 2 rings (SSSR count). The molecule has 2 aromatic carbocycles. The van der Waals surface area contributed by atoms with Crippen molar-refractivity contribution in [3.63, 3.8) is 0 Å². The molecule has 0 aromatic heterocycles. The van der Waals surface area contributed by atoms with Crippen LogP contribution in [0.25, 0.3) is 0 Å². The van der Waals surface area contributed by atoms with Crippen molar-refractivity contribution in [2.24, 2.45) is 0 Å². The number of hydrogen-bond acceptors (Lipinski definition) is 4. The number of amides is 1. The van der Waals surface area contributed by atoms with E-state index in [4.69, 9.17) is 4.74 Å². The van der Waals surface area contributed by atoms with Crippen molar-refractivity contribution in [2.75, 3.05) is 19.0 Å². The number of halogens is 1. The van der Waals surface area contributed by atoms with E-state index in [1.807, 2.05) is 0 Å². The molecule has 0 fully saturated rings. The van der Waals surface area contributed by atoms with E-state index in [1.54, 1.807) is 30.3 Å². The lowest BCUT2D eigenvalue weighted by atomic mass is 10.2. The summed E-state index contributed by atoms with van der Waals surface area (Å²) in [5.74, 6) is -1.03. The van der Waals surface area contributed by atoms with E-state index in [0.29, 0.717) is 11.4 Å². The minimum Gasteiger partial charge on any atom is -0.497 e. The second-order valence-corrected chi connectivity index (χ2v) is 6.76. The van der Waals surface area contributed by atoms with Crippen LogP contribution >= 0.6 is 0 Å². The van der Waals surface area contributed by atoms with Gasteiger partial charge in [-0.05, 0) is 30.3 Å². The number of methoxy groups -OCH3 is 1. The summed E-state index contributed by atoms with van der Waals surface area (Å²) in [5.41, 5.74) is 0.551. The lowest BCUT2D eigenvalue weighted by Gasteiger charge is -2.09. The highest BCUT2D eigenvalue weighted by atomic mass is 32.2. The van der Waals surface area contributed by atoms with Crippen molar-refractivity contribution in [3.8, 4) is 5.75 Å². The summed E-state index contributed by atoms with van der Waals surface area (Å²) in [6.45, 7) is -0.442. The smallest absolute Gasteiger partial charge is 0.239 e. The van der Waals surface area contributed by atoms with Gasteiger partial charge in [0.25, 0.3) is 0 Å². The summed E-state index contributed by atoms with van der Waals surface area (Å²) in [4.78, 5) is 11.8. The zero-order chi connectivity index (χ0) is 17.6. The molecule has 2 N–H and O–H groups in total. The number of nitrogens with one attached hydrogen (secondary N) is 2. The van der Waals surface area contributed by atoms with Crippen LogP contribution in [0, 0.1) is 5.82 Å². The van der Waals surface area contributed by atoms with Crippen molar-refractivity contribution >= 4 is 21.6 Å². The molecule has 0 heterocycles. The quantitative estimate of drug-likeness (QED) is 0.797. The van der Waals surface area contributed by atoms with Gasteiger partial charge in [-0.15, -0.1) is 0 Å². The van der Waals surface area contributed by atoms with E-state index in [9.17, 15) is 17.6 Å². The molecule has 0 spiro atoms. The number of sulfonamides is 1. The van der Waals surface area contributed by atoms with Crippen LogP contribution < -0.4 is 14.8 Å². The molecule has 24 heavy (non-hydrogen) atoms. The van der Waals surface area contributed by atoms with Gasteiger partial charge in [-0.3, -0.25) is 4.79 Å². The number of carbonyl (C=O) groups is 1. The molecule has 128 valence electrons. The van der Waals surface area contributed by atoms with E-state index < -0.39 is 34.0 Å². The highest BCUT2D eigenvalue weighted by Gasteiger charge is 2.15. The lowest BCUT2D eigenvalue weighted by molar-refractivity contribution is -0.115. The first-order chi connectivity index (χ1) is 11.4. The van der Waals surface area contributed by atoms with Gasteiger partial charge in [-0.25, -0.2) is 17.5 Å². The van der Waals surface area contributed by atoms with Gasteiger partial charge in [0.2, 0.25) is 15.9 Å². The summed E-state index contributed by atoms with van der Waals surface area (Å²) < 4.78 is 44.5. The van der Waals surface area contributed by atoms with E-state index >= 15 is 0 Å². The maximum Gasteiger partial charge on any atom is 0.239 e. The Morgan fingerprint density at radius 2 is 1.79 bits per heavy atom. The second-order valence-electron chi connectivity index (χ2n) is 4.95. The molecule has 0 saturated carbocycles. The fourth-order valence-corrected chi connectivity index (χ4v) is 3.02. The van der Waals surface area contributed by atoms with Crippen LogP contribution in [0.5, 0.6) is 5.75 Å². The highest BCUT2D eigenvalue weighted by Crippen LogP contribution is 2.15. The molecule has 0 radical (unpaired) electrons. The Kier molecular flexibility index (Phi) is 5.88. The largest absolute Gasteiger partial charge is 0.497 e. The molecule has 0 aliphatic rings. The zero-order valence-corrected chi connectivity index (χ0v) is 13.8. The van der Waals surface area contributed by atoms with Crippen LogP contribution in [0.2, 0.25) is 0 Å². The van der Waals surface area contributed by atoms with Gasteiger partial charge < -0.3 is 10.1 Å². The van der Waals surface area contributed by atoms with Gasteiger partial charge in [-0.2, -0.15) is 0 Å². The Labute approximate surface area is 139 Å². The monoisotopic (exact) mass is 352 g/mol. The molecule has 0 aliphatic carbocycles. The van der Waals surface area contributed by atoms with Gasteiger partial charge in [-0.1, -0.05) is 18.2 Å². The highest BCUT2D eigenvalue weighted by molar-refractivity contribution is 7.88. The third kappa shape index (κ3) is 5.32. The average Bonchev–Trinajstić information content (AvgIpc) is 2.56. The number of anilines is 1. The predicted octanol–water partition coefficient (Wildman–Crippen LogP) is 1.89. The second kappa shape index (κ2) is 7.89. The third-order valence-corrected chi connectivity index (χ3v) is 4.40. The molecule has 1 amide bonds. The minimum atomic E-state index is -3.83. The molecule has 0 bridgehead atoms. The number of carbonyl (C=O) groups excluding carboxylic acids is 1. The molecule has 6 nitrogen and oxygen atoms in total. The Morgan fingerprint density at radius 3 is 2.42 bits per heavy atom. The molecule has 0 unspecified atom stereocenters. The molecule has 0 aliphatic heterocycles. The lowest BCUT2D eigenvalue weighted by Crippen LogP contribution is -2.33. The fraction of sp³-hybridized carbons (Fsp3) is 0.188. The zero-order valence-electron chi connectivity index (χ0n) is 13.0. The number of benzene rings is 2. The van der Waals surface area contributed by atoms with E-state index in [0.717, 1.165) is 0 Å².